The van der Waals surface area contributed by atoms with Crippen LogP contribution in [0.1, 0.15) is 38.2 Å². The summed E-state index contributed by atoms with van der Waals surface area (Å²) in [6.45, 7) is 2.16. The summed E-state index contributed by atoms with van der Waals surface area (Å²) in [7, 11) is 0. The van der Waals surface area contributed by atoms with Gasteiger partial charge >= 0.3 is 104 Å². The van der Waals surface area contributed by atoms with E-state index in [4.69, 9.17) is 0 Å². The molecule has 0 unspecified atom stereocenters. The molecule has 0 atom stereocenters. The van der Waals surface area contributed by atoms with E-state index in [1.54, 1.807) is 0 Å². The second-order valence-corrected chi connectivity index (χ2v) is 5.68. The Labute approximate surface area is 104 Å². The predicted molar refractivity (Wildman–Crippen MR) is 70.4 cm³/mol. The van der Waals surface area contributed by atoms with Gasteiger partial charge in [0.2, 0.25) is 0 Å². The third-order valence-corrected chi connectivity index (χ3v) is 3.79. The van der Waals surface area contributed by atoms with Gasteiger partial charge in [0.1, 0.15) is 0 Å². The van der Waals surface area contributed by atoms with Crippen LogP contribution in [0.25, 0.3) is 6.08 Å². The summed E-state index contributed by atoms with van der Waals surface area (Å²) in [4.78, 5) is 13.5. The Balaban J connectivity index is 2.24. The van der Waals surface area contributed by atoms with Crippen molar-refractivity contribution in [1.29, 1.82) is 0 Å². The van der Waals surface area contributed by atoms with Crippen LogP contribution in [-0.4, -0.2) is 19.6 Å². The first-order chi connectivity index (χ1) is 7.83. The number of carbonyl (C=O) groups excluding carboxylic acids is 1. The van der Waals surface area contributed by atoms with Crippen molar-refractivity contribution in [2.45, 2.75) is 32.6 Å². The van der Waals surface area contributed by atoms with E-state index in [1.165, 1.54) is 18.4 Å². The van der Waals surface area contributed by atoms with Crippen molar-refractivity contribution in [3.63, 3.8) is 0 Å². The number of unbranched alkanes of at least 4 members (excludes halogenated alkanes) is 2. The summed E-state index contributed by atoms with van der Waals surface area (Å²) in [5.74, 6) is 0. The molecule has 0 heterocycles. The van der Waals surface area contributed by atoms with Crippen LogP contribution in [0, 0.1) is 0 Å². The maximum atomic E-state index is 11.5. The average molecular weight is 281 g/mol. The molecule has 0 aliphatic heterocycles. The zero-order chi connectivity index (χ0) is 11.6. The van der Waals surface area contributed by atoms with Gasteiger partial charge in [0.25, 0.3) is 0 Å². The molecule has 0 aromatic heterocycles. The summed E-state index contributed by atoms with van der Waals surface area (Å²) in [6, 6.07) is 10.1. The molecular weight excluding hydrogens is 263 g/mol. The van der Waals surface area contributed by atoms with Crippen molar-refractivity contribution in [3.8, 4) is 0 Å². The third-order valence-electron chi connectivity index (χ3n) is 2.24. The SMILES string of the molecule is CCCCCC(=O)[Se]/C=C/c1ccccc1. The minimum absolute atomic E-state index is 0.0174. The van der Waals surface area contributed by atoms with E-state index >= 15 is 0 Å². The minimum atomic E-state index is 0.0174. The van der Waals surface area contributed by atoms with Crippen LogP contribution in [0.5, 0.6) is 0 Å². The quantitative estimate of drug-likeness (QED) is 0.552. The van der Waals surface area contributed by atoms with Gasteiger partial charge in [-0.1, -0.05) is 0 Å². The summed E-state index contributed by atoms with van der Waals surface area (Å²) in [5, 5.41) is 0. The van der Waals surface area contributed by atoms with Gasteiger partial charge in [0, 0.05) is 0 Å². The first-order valence-electron chi connectivity index (χ1n) is 5.74. The Morgan fingerprint density at radius 1 is 1.25 bits per heavy atom. The van der Waals surface area contributed by atoms with Crippen LogP contribution in [0.2, 0.25) is 0 Å². The maximum absolute atomic E-state index is 11.5. The molecular formula is C14H18OSe. The van der Waals surface area contributed by atoms with E-state index in [2.05, 4.69) is 6.92 Å². The molecule has 86 valence electrons. The molecule has 0 aliphatic carbocycles. The van der Waals surface area contributed by atoms with E-state index in [-0.39, 0.29) is 15.0 Å². The fraction of sp³-hybridized carbons (Fsp3) is 0.357. The summed E-state index contributed by atoms with van der Waals surface area (Å²) in [6.07, 6.45) is 6.20. The Hall–Kier alpha value is -0.851. The van der Waals surface area contributed by atoms with Gasteiger partial charge in [-0.15, -0.1) is 0 Å². The molecule has 0 radical (unpaired) electrons. The normalized spacial score (nSPS) is 10.8. The van der Waals surface area contributed by atoms with Gasteiger partial charge in [-0.05, 0) is 0 Å². The first-order valence-corrected chi connectivity index (χ1v) is 7.58. The number of rotatable bonds is 7. The molecule has 0 fully saturated rings. The molecule has 1 rings (SSSR count). The van der Waals surface area contributed by atoms with Gasteiger partial charge in [0.05, 0.1) is 0 Å². The monoisotopic (exact) mass is 282 g/mol. The molecule has 0 amide bonds. The van der Waals surface area contributed by atoms with Crippen LogP contribution < -0.4 is 0 Å². The second kappa shape index (κ2) is 8.32. The Bertz CT molecular complexity index is 330. The van der Waals surface area contributed by atoms with Crippen molar-refractivity contribution in [2.24, 2.45) is 0 Å². The molecule has 0 saturated heterocycles. The Kier molecular flexibility index (Phi) is 6.87. The Morgan fingerprint density at radius 3 is 2.69 bits per heavy atom. The fourth-order valence-electron chi connectivity index (χ4n) is 1.33. The number of hydrogen-bond donors (Lipinski definition) is 0. The standard InChI is InChI=1S/C14H18OSe/c1-2-3-5-10-14(15)16-12-11-13-8-6-4-7-9-13/h4,6-9,11-12H,2-3,5,10H2,1H3/b12-11+. The van der Waals surface area contributed by atoms with E-state index in [9.17, 15) is 4.79 Å². The van der Waals surface area contributed by atoms with E-state index in [1.807, 2.05) is 41.4 Å². The number of benzene rings is 1. The van der Waals surface area contributed by atoms with Crippen LogP contribution in [0.3, 0.4) is 0 Å². The van der Waals surface area contributed by atoms with Gasteiger partial charge < -0.3 is 0 Å². The molecule has 2 heteroatoms. The Morgan fingerprint density at radius 2 is 2.00 bits per heavy atom. The van der Waals surface area contributed by atoms with Gasteiger partial charge in [-0.2, -0.15) is 0 Å². The van der Waals surface area contributed by atoms with Crippen LogP contribution in [-0.2, 0) is 4.79 Å². The third kappa shape index (κ3) is 5.89. The molecule has 0 aliphatic rings. The molecule has 0 saturated carbocycles. The summed E-state index contributed by atoms with van der Waals surface area (Å²) < 4.78 is 0.410. The van der Waals surface area contributed by atoms with Gasteiger partial charge in [-0.3, -0.25) is 0 Å². The molecule has 16 heavy (non-hydrogen) atoms. The first kappa shape index (κ1) is 13.2. The van der Waals surface area contributed by atoms with Crippen molar-refractivity contribution in [2.75, 3.05) is 0 Å². The molecule has 0 spiro atoms. The molecule has 1 aromatic rings. The van der Waals surface area contributed by atoms with Crippen molar-refractivity contribution in [3.05, 3.63) is 40.9 Å². The van der Waals surface area contributed by atoms with Crippen molar-refractivity contribution < 1.29 is 4.79 Å². The van der Waals surface area contributed by atoms with Gasteiger partial charge in [-0.25, -0.2) is 0 Å². The fourth-order valence-corrected chi connectivity index (χ4v) is 2.67. The number of hydrogen-bond acceptors (Lipinski definition) is 1. The topological polar surface area (TPSA) is 17.1 Å². The van der Waals surface area contributed by atoms with E-state index in [0.29, 0.717) is 4.68 Å². The van der Waals surface area contributed by atoms with Crippen LogP contribution in [0.4, 0.5) is 0 Å². The zero-order valence-corrected chi connectivity index (χ0v) is 11.4. The van der Waals surface area contributed by atoms with Gasteiger partial charge in [0.15, 0.2) is 0 Å². The second-order valence-electron chi connectivity index (χ2n) is 3.66. The molecule has 0 N–H and O–H groups in total. The summed E-state index contributed by atoms with van der Waals surface area (Å²) in [5.41, 5.74) is 1.17. The van der Waals surface area contributed by atoms with Crippen molar-refractivity contribution >= 4 is 25.7 Å². The van der Waals surface area contributed by atoms with Crippen molar-refractivity contribution in [1.82, 2.24) is 0 Å². The molecule has 1 nitrogen and oxygen atoms in total. The predicted octanol–water partition coefficient (Wildman–Crippen LogP) is 3.47. The van der Waals surface area contributed by atoms with Crippen LogP contribution in [0.15, 0.2) is 35.3 Å². The number of carbonyl (C=O) groups is 1. The summed E-state index contributed by atoms with van der Waals surface area (Å²) >= 11 is 0.0174. The average Bonchev–Trinajstić information content (AvgIpc) is 2.31. The van der Waals surface area contributed by atoms with E-state index in [0.717, 1.165) is 12.8 Å². The molecule has 1 aromatic carbocycles. The molecule has 0 bridgehead atoms. The van der Waals surface area contributed by atoms with Crippen LogP contribution >= 0.6 is 0 Å². The zero-order valence-electron chi connectivity index (χ0n) is 9.69. The van der Waals surface area contributed by atoms with E-state index < -0.39 is 0 Å².